The summed E-state index contributed by atoms with van der Waals surface area (Å²) in [4.78, 5) is 27.0. The monoisotopic (exact) mass is 404 g/mol. The zero-order valence-electron chi connectivity index (χ0n) is 16.3. The van der Waals surface area contributed by atoms with Crippen LogP contribution < -0.4 is 4.72 Å². The van der Waals surface area contributed by atoms with E-state index in [4.69, 9.17) is 0 Å². The summed E-state index contributed by atoms with van der Waals surface area (Å²) in [5.41, 5.74) is 1.35. The number of benzene rings is 1. The Balaban J connectivity index is 1.55. The number of aryl methyl sites for hydroxylation is 1. The van der Waals surface area contributed by atoms with Crippen LogP contribution >= 0.6 is 0 Å². The topological polar surface area (TPSA) is 83.6 Å². The van der Waals surface area contributed by atoms with Crippen LogP contribution in [0.15, 0.2) is 23.1 Å². The molecule has 0 radical (unpaired) electrons. The third-order valence-corrected chi connectivity index (χ3v) is 8.15. The summed E-state index contributed by atoms with van der Waals surface area (Å²) < 4.78 is 28.6. The molecule has 0 spiro atoms. The van der Waals surface area contributed by atoms with Gasteiger partial charge in [-0.05, 0) is 49.8 Å². The Bertz CT molecular complexity index is 866. The smallest absolute Gasteiger partial charge is 0.241 e. The second-order valence-electron chi connectivity index (χ2n) is 8.46. The maximum absolute atomic E-state index is 12.9. The van der Waals surface area contributed by atoms with E-state index in [1.54, 1.807) is 19.1 Å². The second kappa shape index (κ2) is 7.59. The van der Waals surface area contributed by atoms with Gasteiger partial charge in [0.25, 0.3) is 0 Å². The van der Waals surface area contributed by atoms with Crippen LogP contribution in [0.3, 0.4) is 0 Å². The second-order valence-corrected chi connectivity index (χ2v) is 10.1. The number of rotatable bonds is 5. The molecule has 6 nitrogen and oxygen atoms in total. The highest BCUT2D eigenvalue weighted by Gasteiger charge is 2.47. The quantitative estimate of drug-likeness (QED) is 0.765. The fourth-order valence-electron chi connectivity index (χ4n) is 4.93. The van der Waals surface area contributed by atoms with Crippen LogP contribution in [-0.2, 0) is 26.2 Å². The fourth-order valence-corrected chi connectivity index (χ4v) is 6.53. The van der Waals surface area contributed by atoms with E-state index in [2.05, 4.69) is 4.72 Å². The van der Waals surface area contributed by atoms with Gasteiger partial charge in [0.1, 0.15) is 0 Å². The fraction of sp³-hybridized carbons (Fsp3) is 0.619. The molecule has 2 aliphatic carbocycles. The molecule has 0 bridgehead atoms. The molecule has 2 amide bonds. The van der Waals surface area contributed by atoms with Crippen molar-refractivity contribution < 1.29 is 18.0 Å². The van der Waals surface area contributed by atoms with Crippen molar-refractivity contribution in [3.8, 4) is 0 Å². The van der Waals surface area contributed by atoms with Crippen LogP contribution in [0.4, 0.5) is 0 Å². The van der Waals surface area contributed by atoms with Gasteiger partial charge in [0.15, 0.2) is 0 Å². The Morgan fingerprint density at radius 2 is 1.54 bits per heavy atom. The minimum atomic E-state index is -3.62. The molecule has 7 heteroatoms. The predicted octanol–water partition coefficient (Wildman–Crippen LogP) is 2.89. The predicted molar refractivity (Wildman–Crippen MR) is 105 cm³/mol. The van der Waals surface area contributed by atoms with Gasteiger partial charge >= 0.3 is 0 Å². The summed E-state index contributed by atoms with van der Waals surface area (Å²) in [6, 6.07) is 5.19. The van der Waals surface area contributed by atoms with Crippen molar-refractivity contribution in [2.45, 2.75) is 75.8 Å². The molecule has 152 valence electrons. The zero-order chi connectivity index (χ0) is 19.9. The molecule has 1 saturated heterocycles. The standard InChI is InChI=1S/C21H28N2O4S/c1-14-10-11-15(12-19(14)28(26,27)22-16-6-2-3-7-16)13-23-20(24)17-8-4-5-9-18(17)21(23)25/h10-12,16-18,22H,2-9,13H2,1H3. The largest absolute Gasteiger partial charge is 0.278 e. The lowest BCUT2D eigenvalue weighted by molar-refractivity contribution is -0.140. The average molecular weight is 405 g/mol. The summed E-state index contributed by atoms with van der Waals surface area (Å²) in [5.74, 6) is -0.551. The van der Waals surface area contributed by atoms with Crippen molar-refractivity contribution >= 4 is 21.8 Å². The Hall–Kier alpha value is -1.73. The number of nitrogens with zero attached hydrogens (tertiary/aromatic N) is 1. The number of carbonyl (C=O) groups excluding carboxylic acids is 2. The summed E-state index contributed by atoms with van der Waals surface area (Å²) in [5, 5.41) is 0. The van der Waals surface area contributed by atoms with E-state index >= 15 is 0 Å². The number of imide groups is 1. The van der Waals surface area contributed by atoms with Crippen molar-refractivity contribution in [1.29, 1.82) is 0 Å². The Morgan fingerprint density at radius 3 is 2.14 bits per heavy atom. The highest BCUT2D eigenvalue weighted by molar-refractivity contribution is 7.89. The first kappa shape index (κ1) is 19.6. The molecule has 1 aromatic carbocycles. The van der Waals surface area contributed by atoms with Crippen molar-refractivity contribution in [3.63, 3.8) is 0 Å². The minimum absolute atomic E-state index is 0.00193. The highest BCUT2D eigenvalue weighted by Crippen LogP contribution is 2.38. The van der Waals surface area contributed by atoms with E-state index in [-0.39, 0.29) is 41.1 Å². The molecule has 1 aromatic rings. The Kier molecular flexibility index (Phi) is 5.31. The number of hydrogen-bond donors (Lipinski definition) is 1. The van der Waals surface area contributed by atoms with E-state index in [0.29, 0.717) is 11.1 Å². The summed E-state index contributed by atoms with van der Waals surface area (Å²) in [6.07, 6.45) is 7.40. The molecule has 3 fully saturated rings. The van der Waals surface area contributed by atoms with Crippen molar-refractivity contribution in [2.24, 2.45) is 11.8 Å². The Morgan fingerprint density at radius 1 is 0.964 bits per heavy atom. The van der Waals surface area contributed by atoms with Gasteiger partial charge in [0.05, 0.1) is 23.3 Å². The normalized spacial score (nSPS) is 26.1. The maximum atomic E-state index is 12.9. The van der Waals surface area contributed by atoms with Crippen molar-refractivity contribution in [2.75, 3.05) is 0 Å². The van der Waals surface area contributed by atoms with Gasteiger partial charge in [0, 0.05) is 6.04 Å². The van der Waals surface area contributed by atoms with Gasteiger partial charge in [-0.1, -0.05) is 37.8 Å². The van der Waals surface area contributed by atoms with Crippen LogP contribution in [0.25, 0.3) is 0 Å². The van der Waals surface area contributed by atoms with E-state index < -0.39 is 10.0 Å². The van der Waals surface area contributed by atoms with Gasteiger partial charge in [-0.3, -0.25) is 14.5 Å². The molecule has 28 heavy (non-hydrogen) atoms. The molecule has 0 aromatic heterocycles. The number of nitrogens with one attached hydrogen (secondary N) is 1. The molecule has 3 aliphatic rings. The summed E-state index contributed by atoms with van der Waals surface area (Å²) in [7, 11) is -3.62. The third-order valence-electron chi connectivity index (χ3n) is 6.49. The van der Waals surface area contributed by atoms with Gasteiger partial charge in [-0.15, -0.1) is 0 Å². The van der Waals surface area contributed by atoms with Crippen molar-refractivity contribution in [3.05, 3.63) is 29.3 Å². The highest BCUT2D eigenvalue weighted by atomic mass is 32.2. The van der Waals surface area contributed by atoms with E-state index in [1.807, 2.05) is 6.07 Å². The summed E-state index contributed by atoms with van der Waals surface area (Å²) >= 11 is 0. The lowest BCUT2D eigenvalue weighted by atomic mass is 9.81. The number of carbonyl (C=O) groups is 2. The number of hydrogen-bond acceptors (Lipinski definition) is 4. The molecule has 2 saturated carbocycles. The number of likely N-dealkylation sites (tertiary alicyclic amines) is 1. The van der Waals surface area contributed by atoms with Crippen molar-refractivity contribution in [1.82, 2.24) is 9.62 Å². The van der Waals surface area contributed by atoms with Gasteiger partial charge < -0.3 is 0 Å². The molecule has 1 aliphatic heterocycles. The van der Waals surface area contributed by atoms with Crippen LogP contribution in [0.5, 0.6) is 0 Å². The number of amides is 2. The van der Waals surface area contributed by atoms with Crippen LogP contribution in [0.2, 0.25) is 0 Å². The molecule has 4 rings (SSSR count). The van der Waals surface area contributed by atoms with Gasteiger partial charge in [-0.25, -0.2) is 13.1 Å². The molecule has 1 heterocycles. The van der Waals surface area contributed by atoms with Crippen LogP contribution in [0, 0.1) is 18.8 Å². The minimum Gasteiger partial charge on any atom is -0.278 e. The van der Waals surface area contributed by atoms with Crippen LogP contribution in [-0.4, -0.2) is 31.2 Å². The molecular formula is C21H28N2O4S. The number of fused-ring (bicyclic) bond motifs is 1. The first-order valence-corrected chi connectivity index (χ1v) is 11.8. The zero-order valence-corrected chi connectivity index (χ0v) is 17.1. The number of sulfonamides is 1. The molecule has 2 unspecified atom stereocenters. The average Bonchev–Trinajstić information content (AvgIpc) is 3.25. The maximum Gasteiger partial charge on any atom is 0.241 e. The SMILES string of the molecule is Cc1ccc(CN2C(=O)C3CCCCC3C2=O)cc1S(=O)(=O)NC1CCCC1. The molecular weight excluding hydrogens is 376 g/mol. The first-order chi connectivity index (χ1) is 13.4. The van der Waals surface area contributed by atoms with Gasteiger partial charge in [0.2, 0.25) is 21.8 Å². The third kappa shape index (κ3) is 3.62. The first-order valence-electron chi connectivity index (χ1n) is 10.3. The van der Waals surface area contributed by atoms with Crippen LogP contribution in [0.1, 0.15) is 62.5 Å². The van der Waals surface area contributed by atoms with E-state index in [0.717, 1.165) is 51.4 Å². The lowest BCUT2D eigenvalue weighted by Gasteiger charge is -2.19. The van der Waals surface area contributed by atoms with Gasteiger partial charge in [-0.2, -0.15) is 0 Å². The Labute approximate surface area is 166 Å². The van der Waals surface area contributed by atoms with E-state index in [1.165, 1.54) is 4.90 Å². The molecule has 1 N–H and O–H groups in total. The summed E-state index contributed by atoms with van der Waals surface area (Å²) in [6.45, 7) is 1.92. The lowest BCUT2D eigenvalue weighted by Crippen LogP contribution is -2.33. The van der Waals surface area contributed by atoms with E-state index in [9.17, 15) is 18.0 Å². The molecule has 2 atom stereocenters.